The topological polar surface area (TPSA) is 41.1 Å². The van der Waals surface area contributed by atoms with Crippen LogP contribution in [0.5, 0.6) is 0 Å². The lowest BCUT2D eigenvalue weighted by atomic mass is 9.98. The van der Waals surface area contributed by atoms with Gasteiger partial charge in [-0.15, -0.1) is 11.8 Å². The maximum absolute atomic E-state index is 10.2. The molecule has 0 aliphatic carbocycles. The Kier molecular flexibility index (Phi) is 14.1. The zero-order chi connectivity index (χ0) is 17.5. The number of rotatable bonds is 14. The lowest BCUT2D eigenvalue weighted by molar-refractivity contribution is -0.109. The van der Waals surface area contributed by atoms with Crippen molar-refractivity contribution >= 4 is 18.2 Å². The Balaban J connectivity index is 4.09. The molecule has 0 aliphatic heterocycles. The molecule has 0 bridgehead atoms. The molecule has 0 aromatic carbocycles. The van der Waals surface area contributed by atoms with Gasteiger partial charge >= 0.3 is 0 Å². The lowest BCUT2D eigenvalue weighted by Gasteiger charge is -2.14. The number of thioether (sulfide) groups is 1. The number of amides is 1. The number of nitrogens with one attached hydrogen (secondary N) is 2. The number of hydrogen-bond acceptors (Lipinski definition) is 3. The summed E-state index contributed by atoms with van der Waals surface area (Å²) in [6, 6.07) is 0. The summed E-state index contributed by atoms with van der Waals surface area (Å²) >= 11 is 1.89. The molecule has 1 atom stereocenters. The van der Waals surface area contributed by atoms with E-state index < -0.39 is 0 Å². The molecular weight excluding hydrogens is 304 g/mol. The maximum Gasteiger partial charge on any atom is 0.207 e. The quantitative estimate of drug-likeness (QED) is 0.355. The summed E-state index contributed by atoms with van der Waals surface area (Å²) in [7, 11) is 0. The summed E-state index contributed by atoms with van der Waals surface area (Å²) in [5.41, 5.74) is 2.81. The van der Waals surface area contributed by atoms with Gasteiger partial charge < -0.3 is 10.6 Å². The first-order valence-corrected chi connectivity index (χ1v) is 9.94. The van der Waals surface area contributed by atoms with Gasteiger partial charge in [-0.25, -0.2) is 0 Å². The van der Waals surface area contributed by atoms with E-state index in [-0.39, 0.29) is 0 Å². The van der Waals surface area contributed by atoms with E-state index in [9.17, 15) is 4.79 Å². The van der Waals surface area contributed by atoms with Crippen LogP contribution in [0.2, 0.25) is 0 Å². The highest BCUT2D eigenvalue weighted by Gasteiger charge is 2.04. The Bertz CT molecular complexity index is 364. The molecule has 0 saturated heterocycles. The van der Waals surface area contributed by atoms with Crippen LogP contribution in [0.25, 0.3) is 0 Å². The van der Waals surface area contributed by atoms with E-state index in [4.69, 9.17) is 0 Å². The fraction of sp³-hybridized carbons (Fsp3) is 0.737. The largest absolute Gasteiger partial charge is 0.388 e. The summed E-state index contributed by atoms with van der Waals surface area (Å²) in [5, 5.41) is 8.58. The zero-order valence-electron chi connectivity index (χ0n) is 15.7. The van der Waals surface area contributed by atoms with Gasteiger partial charge in [0.15, 0.2) is 0 Å². The lowest BCUT2D eigenvalue weighted by Crippen LogP contribution is -2.20. The molecule has 2 N–H and O–H groups in total. The van der Waals surface area contributed by atoms with E-state index in [1.807, 2.05) is 11.8 Å². The molecule has 0 rings (SSSR count). The second-order valence-electron chi connectivity index (χ2n) is 6.55. The third-order valence-corrected chi connectivity index (χ3v) is 4.78. The highest BCUT2D eigenvalue weighted by molar-refractivity contribution is 8.02. The number of hydrogen-bond donors (Lipinski definition) is 2. The van der Waals surface area contributed by atoms with Gasteiger partial charge in [-0.3, -0.25) is 4.79 Å². The third-order valence-electron chi connectivity index (χ3n) is 3.76. The van der Waals surface area contributed by atoms with Gasteiger partial charge in [0.1, 0.15) is 0 Å². The van der Waals surface area contributed by atoms with Crippen molar-refractivity contribution < 1.29 is 4.79 Å². The second-order valence-corrected chi connectivity index (χ2v) is 7.41. The van der Waals surface area contributed by atoms with Crippen molar-refractivity contribution in [3.8, 4) is 0 Å². The summed E-state index contributed by atoms with van der Waals surface area (Å²) in [6.07, 6.45) is 7.56. The molecule has 134 valence electrons. The highest BCUT2D eigenvalue weighted by Crippen LogP contribution is 2.21. The summed E-state index contributed by atoms with van der Waals surface area (Å²) in [4.78, 5) is 10.2. The molecule has 0 fully saturated rings. The van der Waals surface area contributed by atoms with Crippen molar-refractivity contribution in [3.05, 3.63) is 22.8 Å². The van der Waals surface area contributed by atoms with Crippen LogP contribution in [0.1, 0.15) is 60.3 Å². The third kappa shape index (κ3) is 13.3. The Morgan fingerprint density at radius 1 is 1.22 bits per heavy atom. The predicted molar refractivity (Wildman–Crippen MR) is 105 cm³/mol. The van der Waals surface area contributed by atoms with Gasteiger partial charge in [-0.1, -0.05) is 45.8 Å². The Morgan fingerprint density at radius 2 is 1.96 bits per heavy atom. The van der Waals surface area contributed by atoms with Crippen LogP contribution in [0.15, 0.2) is 22.8 Å². The monoisotopic (exact) mass is 340 g/mol. The van der Waals surface area contributed by atoms with Crippen LogP contribution < -0.4 is 10.6 Å². The normalized spacial score (nSPS) is 14.0. The molecule has 0 aromatic heterocycles. The molecule has 3 nitrogen and oxygen atoms in total. The first-order chi connectivity index (χ1) is 11.0. The van der Waals surface area contributed by atoms with Crippen molar-refractivity contribution in [2.24, 2.45) is 11.8 Å². The predicted octanol–water partition coefficient (Wildman–Crippen LogP) is 4.72. The van der Waals surface area contributed by atoms with Crippen LogP contribution in [-0.2, 0) is 4.79 Å². The average Bonchev–Trinajstić information content (AvgIpc) is 2.51. The van der Waals surface area contributed by atoms with Crippen LogP contribution in [0.3, 0.4) is 0 Å². The summed E-state index contributed by atoms with van der Waals surface area (Å²) < 4.78 is 0. The maximum atomic E-state index is 10.2. The zero-order valence-corrected chi connectivity index (χ0v) is 16.5. The van der Waals surface area contributed by atoms with E-state index >= 15 is 0 Å². The minimum absolute atomic E-state index is 0.612. The molecule has 0 aromatic rings. The standard InChI is InChI=1S/C19H36N2OS/c1-6-9-19(21-12-16(2)3)14-23-13-18(5)17(4)10-7-8-11-20-15-22/h9,13,15-17,21H,6-8,10-12,14H2,1-5H3,(H,20,22)/b18-13+,19-9-. The molecule has 4 heteroatoms. The summed E-state index contributed by atoms with van der Waals surface area (Å²) in [5.74, 6) is 2.31. The van der Waals surface area contributed by atoms with Gasteiger partial charge in [0.2, 0.25) is 6.41 Å². The molecule has 0 saturated carbocycles. The molecule has 0 radical (unpaired) electrons. The molecule has 1 amide bonds. The number of unbranched alkanes of at least 4 members (excludes halogenated alkanes) is 1. The fourth-order valence-electron chi connectivity index (χ4n) is 2.11. The average molecular weight is 341 g/mol. The molecule has 0 heterocycles. The first kappa shape index (κ1) is 22.1. The van der Waals surface area contributed by atoms with Gasteiger partial charge in [0, 0.05) is 24.5 Å². The molecule has 23 heavy (non-hydrogen) atoms. The van der Waals surface area contributed by atoms with Crippen molar-refractivity contribution in [1.82, 2.24) is 10.6 Å². The molecule has 0 aliphatic rings. The van der Waals surface area contributed by atoms with Crippen molar-refractivity contribution in [1.29, 1.82) is 0 Å². The van der Waals surface area contributed by atoms with E-state index in [0.717, 1.165) is 44.5 Å². The van der Waals surface area contributed by atoms with E-state index in [0.29, 0.717) is 11.8 Å². The van der Waals surface area contributed by atoms with Crippen LogP contribution in [0.4, 0.5) is 0 Å². The number of carbonyl (C=O) groups is 1. The van der Waals surface area contributed by atoms with Crippen LogP contribution in [-0.4, -0.2) is 25.3 Å². The van der Waals surface area contributed by atoms with E-state index in [1.165, 1.54) is 17.7 Å². The van der Waals surface area contributed by atoms with Crippen molar-refractivity contribution in [2.45, 2.75) is 60.3 Å². The minimum atomic E-state index is 0.612. The highest BCUT2D eigenvalue weighted by atomic mass is 32.2. The van der Waals surface area contributed by atoms with Crippen LogP contribution in [0, 0.1) is 11.8 Å². The second kappa shape index (κ2) is 14.7. The van der Waals surface area contributed by atoms with Gasteiger partial charge in [0.25, 0.3) is 0 Å². The van der Waals surface area contributed by atoms with Gasteiger partial charge in [-0.2, -0.15) is 0 Å². The van der Waals surface area contributed by atoms with Gasteiger partial charge in [0.05, 0.1) is 0 Å². The minimum Gasteiger partial charge on any atom is -0.388 e. The SMILES string of the molecule is CC/C=C(/CS/C=C(\C)C(C)CCCCNC=O)NCC(C)C. The van der Waals surface area contributed by atoms with E-state index in [1.54, 1.807) is 0 Å². The van der Waals surface area contributed by atoms with Gasteiger partial charge in [-0.05, 0) is 43.4 Å². The van der Waals surface area contributed by atoms with Crippen LogP contribution >= 0.6 is 11.8 Å². The number of carbonyl (C=O) groups excluding carboxylic acids is 1. The smallest absolute Gasteiger partial charge is 0.207 e. The van der Waals surface area contributed by atoms with Crippen molar-refractivity contribution in [2.75, 3.05) is 18.8 Å². The molecule has 0 spiro atoms. The molecular formula is C19H36N2OS. The Hall–Kier alpha value is -0.900. The Morgan fingerprint density at radius 3 is 2.57 bits per heavy atom. The molecule has 1 unspecified atom stereocenters. The fourth-order valence-corrected chi connectivity index (χ4v) is 3.08. The first-order valence-electron chi connectivity index (χ1n) is 8.89. The Labute approximate surface area is 147 Å². The van der Waals surface area contributed by atoms with E-state index in [2.05, 4.69) is 56.7 Å². The van der Waals surface area contributed by atoms with Crippen molar-refractivity contribution in [3.63, 3.8) is 0 Å². The summed E-state index contributed by atoms with van der Waals surface area (Å²) in [6.45, 7) is 13.0. The number of allylic oxidation sites excluding steroid dienone is 2.